The minimum absolute atomic E-state index is 0. The van der Waals surface area contributed by atoms with E-state index < -0.39 is 0 Å². The highest BCUT2D eigenvalue weighted by Gasteiger charge is 2.01. The Balaban J connectivity index is 0.00000420. The molecule has 2 aromatic rings. The highest BCUT2D eigenvalue weighted by Crippen LogP contribution is 2.12. The van der Waals surface area contributed by atoms with Crippen LogP contribution in [0.25, 0.3) is 0 Å². The lowest BCUT2D eigenvalue weighted by Crippen LogP contribution is -2.39. The SMILES string of the molecule is CCOCCCNC(=NCc1ccc(OC)cc1)NCCc1cccc(O)c1.I. The number of nitrogens with zero attached hydrogens (tertiary/aromatic N) is 1. The molecule has 0 aliphatic carbocycles. The molecule has 0 heterocycles. The first-order chi connectivity index (χ1) is 13.7. The Morgan fingerprint density at radius 1 is 1.03 bits per heavy atom. The van der Waals surface area contributed by atoms with Crippen LogP contribution in [0.15, 0.2) is 53.5 Å². The smallest absolute Gasteiger partial charge is 0.191 e. The quantitative estimate of drug-likeness (QED) is 0.185. The topological polar surface area (TPSA) is 75.1 Å². The number of aliphatic imine (C=N–C) groups is 1. The van der Waals surface area contributed by atoms with Crippen LogP contribution in [-0.4, -0.2) is 44.5 Å². The normalized spacial score (nSPS) is 10.9. The molecule has 6 nitrogen and oxygen atoms in total. The zero-order chi connectivity index (χ0) is 20.0. The molecule has 7 heteroatoms. The largest absolute Gasteiger partial charge is 0.508 e. The summed E-state index contributed by atoms with van der Waals surface area (Å²) in [5.74, 6) is 1.90. The molecule has 2 rings (SSSR count). The van der Waals surface area contributed by atoms with Gasteiger partial charge in [-0.3, -0.25) is 0 Å². The van der Waals surface area contributed by atoms with E-state index in [0.717, 1.165) is 62.0 Å². The summed E-state index contributed by atoms with van der Waals surface area (Å²) in [5.41, 5.74) is 2.20. The number of ether oxygens (including phenoxy) is 2. The molecule has 3 N–H and O–H groups in total. The molecule has 0 radical (unpaired) electrons. The van der Waals surface area contributed by atoms with Crippen LogP contribution in [0.5, 0.6) is 11.5 Å². The molecule has 0 amide bonds. The number of hydrogen-bond acceptors (Lipinski definition) is 4. The maximum atomic E-state index is 9.58. The molecule has 0 bridgehead atoms. The van der Waals surface area contributed by atoms with Gasteiger partial charge in [-0.1, -0.05) is 24.3 Å². The van der Waals surface area contributed by atoms with E-state index in [4.69, 9.17) is 9.47 Å². The van der Waals surface area contributed by atoms with Crippen LogP contribution < -0.4 is 15.4 Å². The lowest BCUT2D eigenvalue weighted by molar-refractivity contribution is 0.145. The zero-order valence-electron chi connectivity index (χ0n) is 17.2. The number of nitrogens with one attached hydrogen (secondary N) is 2. The van der Waals surface area contributed by atoms with Crippen LogP contribution in [0.2, 0.25) is 0 Å². The van der Waals surface area contributed by atoms with Gasteiger partial charge in [-0.15, -0.1) is 24.0 Å². The van der Waals surface area contributed by atoms with Crippen LogP contribution in [0.1, 0.15) is 24.5 Å². The summed E-state index contributed by atoms with van der Waals surface area (Å²) >= 11 is 0. The number of rotatable bonds is 11. The first-order valence-corrected chi connectivity index (χ1v) is 9.72. The Labute approximate surface area is 190 Å². The van der Waals surface area contributed by atoms with Gasteiger partial charge in [0, 0.05) is 26.3 Å². The van der Waals surface area contributed by atoms with Crippen molar-refractivity contribution in [2.75, 3.05) is 33.4 Å². The van der Waals surface area contributed by atoms with Gasteiger partial charge in [0.15, 0.2) is 5.96 Å². The van der Waals surface area contributed by atoms with Gasteiger partial charge >= 0.3 is 0 Å². The molecule has 0 unspecified atom stereocenters. The fourth-order valence-corrected chi connectivity index (χ4v) is 2.64. The summed E-state index contributed by atoms with van der Waals surface area (Å²) in [4.78, 5) is 4.68. The van der Waals surface area contributed by atoms with Crippen molar-refractivity contribution in [2.45, 2.75) is 26.3 Å². The molecule has 160 valence electrons. The third-order valence-corrected chi connectivity index (χ3v) is 4.16. The number of aromatic hydroxyl groups is 1. The van der Waals surface area contributed by atoms with Crippen molar-refractivity contribution in [1.29, 1.82) is 0 Å². The van der Waals surface area contributed by atoms with E-state index in [2.05, 4.69) is 15.6 Å². The number of halogens is 1. The third kappa shape index (κ3) is 10.4. The summed E-state index contributed by atoms with van der Waals surface area (Å²) in [5, 5.41) is 16.3. The van der Waals surface area contributed by atoms with E-state index in [1.54, 1.807) is 19.2 Å². The van der Waals surface area contributed by atoms with Crippen LogP contribution in [0, 0.1) is 0 Å². The summed E-state index contributed by atoms with van der Waals surface area (Å²) < 4.78 is 10.6. The highest BCUT2D eigenvalue weighted by molar-refractivity contribution is 14.0. The molecule has 0 aromatic heterocycles. The molecule has 2 aromatic carbocycles. The molecule has 0 saturated heterocycles. The fraction of sp³-hybridized carbons (Fsp3) is 0.409. The zero-order valence-corrected chi connectivity index (χ0v) is 19.5. The van der Waals surface area contributed by atoms with E-state index in [1.807, 2.05) is 43.3 Å². The number of phenols is 1. The molecule has 0 fully saturated rings. The second kappa shape index (κ2) is 14.9. The minimum Gasteiger partial charge on any atom is -0.508 e. The Kier molecular flexibility index (Phi) is 12.9. The fourth-order valence-electron chi connectivity index (χ4n) is 2.64. The first kappa shape index (κ1) is 25.0. The number of hydrogen-bond donors (Lipinski definition) is 3. The van der Waals surface area contributed by atoms with E-state index >= 15 is 0 Å². The van der Waals surface area contributed by atoms with Crippen molar-refractivity contribution in [3.8, 4) is 11.5 Å². The first-order valence-electron chi connectivity index (χ1n) is 9.72. The third-order valence-electron chi connectivity index (χ3n) is 4.16. The van der Waals surface area contributed by atoms with Gasteiger partial charge in [-0.2, -0.15) is 0 Å². The van der Waals surface area contributed by atoms with Gasteiger partial charge in [0.25, 0.3) is 0 Å². The van der Waals surface area contributed by atoms with Crippen molar-refractivity contribution in [3.63, 3.8) is 0 Å². The van der Waals surface area contributed by atoms with Gasteiger partial charge in [-0.25, -0.2) is 4.99 Å². The number of methoxy groups -OCH3 is 1. The van der Waals surface area contributed by atoms with Crippen molar-refractivity contribution in [2.24, 2.45) is 4.99 Å². The van der Waals surface area contributed by atoms with E-state index in [9.17, 15) is 5.11 Å². The summed E-state index contributed by atoms with van der Waals surface area (Å²) in [6.45, 7) is 5.57. The van der Waals surface area contributed by atoms with Gasteiger partial charge in [0.05, 0.1) is 13.7 Å². The second-order valence-corrected chi connectivity index (χ2v) is 6.34. The predicted molar refractivity (Wildman–Crippen MR) is 128 cm³/mol. The lowest BCUT2D eigenvalue weighted by atomic mass is 10.1. The Hall–Kier alpha value is -2.00. The maximum absolute atomic E-state index is 9.58. The van der Waals surface area contributed by atoms with Crippen molar-refractivity contribution in [1.82, 2.24) is 10.6 Å². The van der Waals surface area contributed by atoms with Crippen molar-refractivity contribution >= 4 is 29.9 Å². The van der Waals surface area contributed by atoms with E-state index in [1.165, 1.54) is 0 Å². The summed E-state index contributed by atoms with van der Waals surface area (Å²) in [7, 11) is 1.66. The monoisotopic (exact) mass is 513 g/mol. The minimum atomic E-state index is 0. The molecule has 29 heavy (non-hydrogen) atoms. The lowest BCUT2D eigenvalue weighted by Gasteiger charge is -2.13. The van der Waals surface area contributed by atoms with Gasteiger partial charge in [0.2, 0.25) is 0 Å². The van der Waals surface area contributed by atoms with Crippen molar-refractivity contribution in [3.05, 3.63) is 59.7 Å². The molecule has 0 spiro atoms. The maximum Gasteiger partial charge on any atom is 0.191 e. The molecule has 0 aliphatic rings. The standard InChI is InChI=1S/C22H31N3O3.HI/c1-3-28-15-5-13-23-22(24-14-12-18-6-4-7-20(26)16-18)25-17-19-8-10-21(27-2)11-9-19;/h4,6-11,16,26H,3,5,12-15,17H2,1-2H3,(H2,23,24,25);1H. The number of phenolic OH excluding ortho intramolecular Hbond substituents is 1. The molecule has 0 atom stereocenters. The van der Waals surface area contributed by atoms with Gasteiger partial charge in [-0.05, 0) is 55.2 Å². The Morgan fingerprint density at radius 3 is 2.48 bits per heavy atom. The Bertz CT molecular complexity index is 723. The second-order valence-electron chi connectivity index (χ2n) is 6.34. The van der Waals surface area contributed by atoms with E-state index in [-0.39, 0.29) is 24.0 Å². The average Bonchev–Trinajstić information content (AvgIpc) is 2.72. The van der Waals surface area contributed by atoms with Crippen LogP contribution in [0.4, 0.5) is 0 Å². The highest BCUT2D eigenvalue weighted by atomic mass is 127. The van der Waals surface area contributed by atoms with E-state index in [0.29, 0.717) is 12.3 Å². The summed E-state index contributed by atoms with van der Waals surface area (Å²) in [6.07, 6.45) is 1.72. The Morgan fingerprint density at radius 2 is 1.79 bits per heavy atom. The predicted octanol–water partition coefficient (Wildman–Crippen LogP) is 3.72. The molecular formula is C22H32IN3O3. The molecule has 0 saturated carbocycles. The molecule has 0 aliphatic heterocycles. The molecular weight excluding hydrogens is 481 g/mol. The van der Waals surface area contributed by atoms with Crippen LogP contribution in [0.3, 0.4) is 0 Å². The average molecular weight is 513 g/mol. The van der Waals surface area contributed by atoms with Crippen molar-refractivity contribution < 1.29 is 14.6 Å². The van der Waals surface area contributed by atoms with Crippen LogP contribution >= 0.6 is 24.0 Å². The number of benzene rings is 2. The van der Waals surface area contributed by atoms with Gasteiger partial charge < -0.3 is 25.2 Å². The van der Waals surface area contributed by atoms with Gasteiger partial charge in [0.1, 0.15) is 11.5 Å². The summed E-state index contributed by atoms with van der Waals surface area (Å²) in [6, 6.07) is 15.2. The van der Waals surface area contributed by atoms with Crippen LogP contribution in [-0.2, 0) is 17.7 Å². The number of guanidine groups is 1.